The van der Waals surface area contributed by atoms with Gasteiger partial charge in [0, 0.05) is 6.61 Å². The molecule has 0 saturated heterocycles. The molecular weight excluding hydrogens is 269 g/mol. The van der Waals surface area contributed by atoms with Crippen molar-refractivity contribution in [3.63, 3.8) is 0 Å². The maximum absolute atomic E-state index is 14.0. The number of benzene rings is 2. The summed E-state index contributed by atoms with van der Waals surface area (Å²) in [5.41, 5.74) is 1.34. The number of carbonyl (C=O) groups is 1. The molecule has 2 aromatic carbocycles. The SMILES string of the molecule is Cc1cccc(C(=O)NC(CCO)c2ccccc2)c1F. The number of aliphatic hydroxyl groups excluding tert-OH is 1. The van der Waals surface area contributed by atoms with Gasteiger partial charge in [-0.05, 0) is 30.5 Å². The Kier molecular flexibility index (Phi) is 5.06. The second-order valence-electron chi connectivity index (χ2n) is 4.89. The van der Waals surface area contributed by atoms with Gasteiger partial charge in [-0.15, -0.1) is 0 Å². The number of rotatable bonds is 5. The van der Waals surface area contributed by atoms with Crippen LogP contribution in [0.25, 0.3) is 0 Å². The average Bonchev–Trinajstić information content (AvgIpc) is 2.50. The maximum atomic E-state index is 14.0. The van der Waals surface area contributed by atoms with Gasteiger partial charge in [-0.25, -0.2) is 4.39 Å². The molecule has 0 aromatic heterocycles. The van der Waals surface area contributed by atoms with Crippen LogP contribution >= 0.6 is 0 Å². The van der Waals surface area contributed by atoms with E-state index in [9.17, 15) is 9.18 Å². The molecule has 0 saturated carbocycles. The predicted octanol–water partition coefficient (Wildman–Crippen LogP) is 2.99. The van der Waals surface area contributed by atoms with Crippen LogP contribution < -0.4 is 5.32 Å². The van der Waals surface area contributed by atoms with Crippen molar-refractivity contribution in [2.45, 2.75) is 19.4 Å². The summed E-state index contributed by atoms with van der Waals surface area (Å²) >= 11 is 0. The van der Waals surface area contributed by atoms with E-state index in [-0.39, 0.29) is 18.2 Å². The normalized spacial score (nSPS) is 12.0. The van der Waals surface area contributed by atoms with Gasteiger partial charge >= 0.3 is 0 Å². The second-order valence-corrected chi connectivity index (χ2v) is 4.89. The number of aryl methyl sites for hydroxylation is 1. The Labute approximate surface area is 123 Å². The summed E-state index contributed by atoms with van der Waals surface area (Å²) in [7, 11) is 0. The highest BCUT2D eigenvalue weighted by Crippen LogP contribution is 2.18. The summed E-state index contributed by atoms with van der Waals surface area (Å²) in [5.74, 6) is -0.982. The summed E-state index contributed by atoms with van der Waals surface area (Å²) in [4.78, 5) is 12.2. The first-order valence-electron chi connectivity index (χ1n) is 6.85. The minimum atomic E-state index is -0.509. The monoisotopic (exact) mass is 287 g/mol. The molecule has 110 valence electrons. The van der Waals surface area contributed by atoms with E-state index in [1.165, 1.54) is 6.07 Å². The average molecular weight is 287 g/mol. The highest BCUT2D eigenvalue weighted by molar-refractivity contribution is 5.94. The largest absolute Gasteiger partial charge is 0.396 e. The molecule has 0 aliphatic carbocycles. The highest BCUT2D eigenvalue weighted by atomic mass is 19.1. The first kappa shape index (κ1) is 15.2. The van der Waals surface area contributed by atoms with Crippen molar-refractivity contribution in [2.75, 3.05) is 6.61 Å². The lowest BCUT2D eigenvalue weighted by molar-refractivity contribution is 0.0925. The van der Waals surface area contributed by atoms with E-state index in [0.29, 0.717) is 12.0 Å². The van der Waals surface area contributed by atoms with Crippen LogP contribution in [-0.2, 0) is 0 Å². The molecule has 0 fully saturated rings. The number of halogens is 1. The Morgan fingerprint density at radius 1 is 1.19 bits per heavy atom. The van der Waals surface area contributed by atoms with Gasteiger partial charge in [0.05, 0.1) is 11.6 Å². The van der Waals surface area contributed by atoms with Crippen LogP contribution in [0.4, 0.5) is 4.39 Å². The zero-order valence-electron chi connectivity index (χ0n) is 11.8. The smallest absolute Gasteiger partial charge is 0.254 e. The van der Waals surface area contributed by atoms with Crippen molar-refractivity contribution >= 4 is 5.91 Å². The summed E-state index contributed by atoms with van der Waals surface area (Å²) in [6.07, 6.45) is 0.378. The summed E-state index contributed by atoms with van der Waals surface area (Å²) in [5, 5.41) is 11.9. The first-order chi connectivity index (χ1) is 10.1. The molecule has 0 spiro atoms. The van der Waals surface area contributed by atoms with E-state index in [4.69, 9.17) is 5.11 Å². The van der Waals surface area contributed by atoms with Crippen LogP contribution in [0, 0.1) is 12.7 Å². The van der Waals surface area contributed by atoms with Gasteiger partial charge in [0.25, 0.3) is 5.91 Å². The van der Waals surface area contributed by atoms with Crippen LogP contribution in [0.1, 0.15) is 33.9 Å². The molecule has 0 heterocycles. The third-order valence-electron chi connectivity index (χ3n) is 3.36. The number of aliphatic hydroxyl groups is 1. The molecule has 3 nitrogen and oxygen atoms in total. The number of hydrogen-bond acceptors (Lipinski definition) is 2. The third-order valence-corrected chi connectivity index (χ3v) is 3.36. The van der Waals surface area contributed by atoms with E-state index < -0.39 is 11.7 Å². The molecule has 1 unspecified atom stereocenters. The molecule has 0 aliphatic heterocycles. The minimum Gasteiger partial charge on any atom is -0.396 e. The highest BCUT2D eigenvalue weighted by Gasteiger charge is 2.18. The first-order valence-corrected chi connectivity index (χ1v) is 6.85. The Balaban J connectivity index is 2.21. The molecular formula is C17H18FNO2. The molecule has 0 radical (unpaired) electrons. The fourth-order valence-corrected chi connectivity index (χ4v) is 2.20. The van der Waals surface area contributed by atoms with Gasteiger partial charge in [0.15, 0.2) is 0 Å². The molecule has 1 atom stereocenters. The van der Waals surface area contributed by atoms with Crippen LogP contribution in [0.2, 0.25) is 0 Å². The number of carbonyl (C=O) groups excluding carboxylic acids is 1. The molecule has 1 amide bonds. The molecule has 2 N–H and O–H groups in total. The number of nitrogens with one attached hydrogen (secondary N) is 1. The van der Waals surface area contributed by atoms with E-state index in [0.717, 1.165) is 5.56 Å². The lowest BCUT2D eigenvalue weighted by atomic mass is 10.0. The van der Waals surface area contributed by atoms with Crippen molar-refractivity contribution in [3.05, 3.63) is 71.0 Å². The third kappa shape index (κ3) is 3.67. The van der Waals surface area contributed by atoms with Crippen molar-refractivity contribution in [3.8, 4) is 0 Å². The molecule has 0 bridgehead atoms. The standard InChI is InChI=1S/C17H18FNO2/c1-12-6-5-9-14(16(12)18)17(21)19-15(10-11-20)13-7-3-2-4-8-13/h2-9,15,20H,10-11H2,1H3,(H,19,21). The summed E-state index contributed by atoms with van der Waals surface area (Å²) in [6.45, 7) is 1.56. The summed E-state index contributed by atoms with van der Waals surface area (Å²) in [6, 6.07) is 13.7. The zero-order valence-corrected chi connectivity index (χ0v) is 11.8. The van der Waals surface area contributed by atoms with E-state index in [1.54, 1.807) is 19.1 Å². The Morgan fingerprint density at radius 3 is 2.57 bits per heavy atom. The fourth-order valence-electron chi connectivity index (χ4n) is 2.20. The number of amides is 1. The van der Waals surface area contributed by atoms with Crippen LogP contribution in [0.5, 0.6) is 0 Å². The Bertz CT molecular complexity index is 613. The molecule has 0 aliphatic rings. The topological polar surface area (TPSA) is 49.3 Å². The van der Waals surface area contributed by atoms with Gasteiger partial charge in [0.2, 0.25) is 0 Å². The van der Waals surface area contributed by atoms with Gasteiger partial charge in [-0.1, -0.05) is 42.5 Å². The van der Waals surface area contributed by atoms with Crippen LogP contribution in [0.3, 0.4) is 0 Å². The molecule has 2 rings (SSSR count). The van der Waals surface area contributed by atoms with Gasteiger partial charge in [-0.3, -0.25) is 4.79 Å². The van der Waals surface area contributed by atoms with E-state index >= 15 is 0 Å². The van der Waals surface area contributed by atoms with E-state index in [2.05, 4.69) is 5.32 Å². The van der Waals surface area contributed by atoms with Gasteiger partial charge in [0.1, 0.15) is 5.82 Å². The van der Waals surface area contributed by atoms with Crippen molar-refractivity contribution < 1.29 is 14.3 Å². The fraction of sp³-hybridized carbons (Fsp3) is 0.235. The lowest BCUT2D eigenvalue weighted by Gasteiger charge is -2.18. The second kappa shape index (κ2) is 6.99. The quantitative estimate of drug-likeness (QED) is 0.888. The summed E-state index contributed by atoms with van der Waals surface area (Å²) < 4.78 is 14.0. The lowest BCUT2D eigenvalue weighted by Crippen LogP contribution is -2.30. The number of hydrogen-bond donors (Lipinski definition) is 2. The predicted molar refractivity (Wildman–Crippen MR) is 79.5 cm³/mol. The molecule has 21 heavy (non-hydrogen) atoms. The minimum absolute atomic E-state index is 0.0221. The van der Waals surface area contributed by atoms with E-state index in [1.807, 2.05) is 30.3 Å². The van der Waals surface area contributed by atoms with Gasteiger partial charge < -0.3 is 10.4 Å². The van der Waals surface area contributed by atoms with Crippen LogP contribution in [-0.4, -0.2) is 17.6 Å². The van der Waals surface area contributed by atoms with Crippen molar-refractivity contribution in [1.29, 1.82) is 0 Å². The van der Waals surface area contributed by atoms with Crippen molar-refractivity contribution in [2.24, 2.45) is 0 Å². The molecule has 4 heteroatoms. The Morgan fingerprint density at radius 2 is 1.90 bits per heavy atom. The van der Waals surface area contributed by atoms with Crippen molar-refractivity contribution in [1.82, 2.24) is 5.32 Å². The molecule has 2 aromatic rings. The Hall–Kier alpha value is -2.20. The zero-order chi connectivity index (χ0) is 15.2. The maximum Gasteiger partial charge on any atom is 0.254 e. The van der Waals surface area contributed by atoms with Crippen LogP contribution in [0.15, 0.2) is 48.5 Å². The van der Waals surface area contributed by atoms with Gasteiger partial charge in [-0.2, -0.15) is 0 Å².